The molecule has 1 N–H and O–H groups in total. The number of hydrogen-bond donors (Lipinski definition) is 1. The minimum absolute atomic E-state index is 0.0592. The molecule has 1 saturated carbocycles. The van der Waals surface area contributed by atoms with E-state index < -0.39 is 5.85 Å². The van der Waals surface area contributed by atoms with E-state index in [0.29, 0.717) is 61.8 Å². The van der Waals surface area contributed by atoms with Crippen molar-refractivity contribution < 1.29 is 28.6 Å². The van der Waals surface area contributed by atoms with Gasteiger partial charge in [0.25, 0.3) is 5.91 Å². The maximum Gasteiger partial charge on any atom is 0.308 e. The number of nitrogens with zero attached hydrogens (tertiary/aromatic N) is 4. The molecule has 2 aliphatic heterocycles. The second-order valence-corrected chi connectivity index (χ2v) is 14.1. The van der Waals surface area contributed by atoms with Crippen LogP contribution < -0.4 is 5.32 Å². The number of para-hydroxylation sites is 1. The lowest BCUT2D eigenvalue weighted by Gasteiger charge is -2.52. The highest BCUT2D eigenvalue weighted by Crippen LogP contribution is 2.38. The highest BCUT2D eigenvalue weighted by Gasteiger charge is 2.54. The van der Waals surface area contributed by atoms with Gasteiger partial charge < -0.3 is 19.5 Å². The molecule has 1 aliphatic carbocycles. The summed E-state index contributed by atoms with van der Waals surface area (Å²) < 4.78 is 20.2. The van der Waals surface area contributed by atoms with Gasteiger partial charge in [-0.3, -0.25) is 28.9 Å². The Bertz CT molecular complexity index is 1660. The van der Waals surface area contributed by atoms with Gasteiger partial charge in [-0.15, -0.1) is 0 Å². The highest BCUT2D eigenvalue weighted by atomic mass is 35.5. The Hall–Kier alpha value is -3.35. The quantitative estimate of drug-likeness (QED) is 0.257. The van der Waals surface area contributed by atoms with E-state index in [2.05, 4.69) is 20.2 Å². The summed E-state index contributed by atoms with van der Waals surface area (Å²) in [5.74, 6) is -2.00. The summed E-state index contributed by atoms with van der Waals surface area (Å²) in [6.07, 6.45) is 4.40. The molecule has 6 rings (SSSR count). The minimum atomic E-state index is -1.29. The molecule has 3 fully saturated rings. The van der Waals surface area contributed by atoms with Crippen LogP contribution in [0, 0.1) is 5.92 Å². The van der Waals surface area contributed by atoms with Gasteiger partial charge in [0.1, 0.15) is 0 Å². The van der Waals surface area contributed by atoms with Crippen molar-refractivity contribution in [2.24, 2.45) is 13.0 Å². The number of likely N-dealkylation sites (tertiary alicyclic amines) is 1. The Balaban J connectivity index is 1.25. The number of halogens is 1. The van der Waals surface area contributed by atoms with Gasteiger partial charge in [-0.25, -0.2) is 0 Å². The van der Waals surface area contributed by atoms with Crippen LogP contribution in [0.4, 0.5) is 5.69 Å². The maximum absolute atomic E-state index is 14.9. The summed E-state index contributed by atoms with van der Waals surface area (Å²) in [6.45, 7) is 8.87. The molecule has 2 saturated heterocycles. The molecule has 12 heteroatoms. The number of ether oxygens (including phenoxy) is 3. The third-order valence-electron chi connectivity index (χ3n) is 9.99. The SMILES string of the molecule is CCOC(=O)C1CCC(OC(C(=O)Cc2ccc(NC(=O)c3nn(C)c4ccccc34)c(Cl)c2)(N2CCCC2)N2C[C@@H](C)O[C@@H](C)C2)CC1. The van der Waals surface area contributed by atoms with E-state index >= 15 is 0 Å². The van der Waals surface area contributed by atoms with Gasteiger partial charge in [0, 0.05) is 45.0 Å². The number of morpholine rings is 1. The lowest BCUT2D eigenvalue weighted by Crippen LogP contribution is -2.71. The summed E-state index contributed by atoms with van der Waals surface area (Å²) >= 11 is 6.76. The predicted molar refractivity (Wildman–Crippen MR) is 187 cm³/mol. The van der Waals surface area contributed by atoms with Gasteiger partial charge in [-0.1, -0.05) is 35.9 Å². The molecular weight excluding hydrogens is 646 g/mol. The van der Waals surface area contributed by atoms with Crippen LogP contribution in [0.15, 0.2) is 42.5 Å². The number of Topliss-reactive ketones (excluding diaryl/α,β-unsaturated/α-hetero) is 1. The van der Waals surface area contributed by atoms with E-state index in [9.17, 15) is 14.4 Å². The zero-order chi connectivity index (χ0) is 34.7. The number of amides is 1. The van der Waals surface area contributed by atoms with E-state index in [1.807, 2.05) is 51.1 Å². The van der Waals surface area contributed by atoms with Crippen molar-refractivity contribution in [1.29, 1.82) is 0 Å². The van der Waals surface area contributed by atoms with Crippen LogP contribution in [0.1, 0.15) is 75.3 Å². The number of carbonyl (C=O) groups is 3. The molecule has 1 aromatic heterocycles. The van der Waals surface area contributed by atoms with Crippen molar-refractivity contribution >= 4 is 45.9 Å². The highest BCUT2D eigenvalue weighted by molar-refractivity contribution is 6.34. The molecule has 1 unspecified atom stereocenters. The first-order chi connectivity index (χ1) is 23.6. The van der Waals surface area contributed by atoms with Crippen molar-refractivity contribution in [3.8, 4) is 0 Å². The Morgan fingerprint density at radius 3 is 2.37 bits per heavy atom. The largest absolute Gasteiger partial charge is 0.466 e. The van der Waals surface area contributed by atoms with Crippen LogP contribution in [-0.2, 0) is 37.3 Å². The van der Waals surface area contributed by atoms with E-state index in [-0.39, 0.29) is 48.3 Å². The fourth-order valence-corrected chi connectivity index (χ4v) is 8.01. The van der Waals surface area contributed by atoms with Gasteiger partial charge in [0.05, 0.1) is 47.1 Å². The van der Waals surface area contributed by atoms with Crippen LogP contribution in [0.25, 0.3) is 10.9 Å². The number of benzene rings is 2. The van der Waals surface area contributed by atoms with Gasteiger partial charge in [-0.2, -0.15) is 5.10 Å². The molecule has 0 spiro atoms. The van der Waals surface area contributed by atoms with Crippen molar-refractivity contribution in [2.75, 3.05) is 38.1 Å². The summed E-state index contributed by atoms with van der Waals surface area (Å²) in [4.78, 5) is 45.1. The van der Waals surface area contributed by atoms with Crippen LogP contribution in [-0.4, -0.2) is 94.2 Å². The molecule has 3 heterocycles. The molecule has 2 aromatic carbocycles. The number of esters is 1. The Morgan fingerprint density at radius 2 is 1.69 bits per heavy atom. The molecular formula is C37H48ClN5O6. The van der Waals surface area contributed by atoms with E-state index in [0.717, 1.165) is 42.4 Å². The number of anilines is 1. The smallest absolute Gasteiger partial charge is 0.308 e. The Morgan fingerprint density at radius 1 is 1.00 bits per heavy atom. The number of rotatable bonds is 11. The lowest BCUT2D eigenvalue weighted by molar-refractivity contribution is -0.274. The van der Waals surface area contributed by atoms with Crippen molar-refractivity contribution in [3.05, 3.63) is 58.7 Å². The van der Waals surface area contributed by atoms with Crippen LogP contribution >= 0.6 is 11.6 Å². The minimum Gasteiger partial charge on any atom is -0.466 e. The van der Waals surface area contributed by atoms with Gasteiger partial charge in [0.15, 0.2) is 11.5 Å². The van der Waals surface area contributed by atoms with Crippen molar-refractivity contribution in [2.45, 2.75) is 89.9 Å². The second kappa shape index (κ2) is 15.3. The topological polar surface area (TPSA) is 115 Å². The third kappa shape index (κ3) is 7.56. The molecule has 0 bridgehead atoms. The van der Waals surface area contributed by atoms with Crippen LogP contribution in [0.5, 0.6) is 0 Å². The van der Waals surface area contributed by atoms with Crippen LogP contribution in [0.3, 0.4) is 0 Å². The first-order valence-corrected chi connectivity index (χ1v) is 18.0. The summed E-state index contributed by atoms with van der Waals surface area (Å²) in [6, 6.07) is 12.9. The predicted octanol–water partition coefficient (Wildman–Crippen LogP) is 5.59. The van der Waals surface area contributed by atoms with Gasteiger partial charge >= 0.3 is 5.97 Å². The number of carbonyl (C=O) groups excluding carboxylic acids is 3. The molecule has 264 valence electrons. The van der Waals surface area contributed by atoms with Crippen molar-refractivity contribution in [1.82, 2.24) is 19.6 Å². The Kier molecular flexibility index (Phi) is 11.1. The first kappa shape index (κ1) is 35.5. The van der Waals surface area contributed by atoms with Gasteiger partial charge in [0.2, 0.25) is 5.85 Å². The number of aromatic nitrogens is 2. The molecule has 11 nitrogen and oxygen atoms in total. The fraction of sp³-hybridized carbons (Fsp3) is 0.568. The van der Waals surface area contributed by atoms with E-state index in [4.69, 9.17) is 25.8 Å². The van der Waals surface area contributed by atoms with E-state index in [1.165, 1.54) is 0 Å². The molecule has 49 heavy (non-hydrogen) atoms. The number of aryl methyl sites for hydroxylation is 1. The fourth-order valence-electron chi connectivity index (χ4n) is 7.76. The molecule has 0 radical (unpaired) electrons. The standard InChI is InChI=1S/C37H48ClN5O6/c1-5-47-36(46)27-13-15-28(16-14-27)49-37(42-18-8-9-19-42,43-22-24(2)48-25(3)23-43)33(44)21-26-12-17-31(30(38)20-26)39-35(45)34-29-10-6-7-11-32(29)41(4)40-34/h6-7,10-12,17,20,24-25,27-28H,5,8-9,13-16,18-19,21-23H2,1-4H3,(H,39,45)/t24-,25+,27?,28?,37?. The molecule has 3 aromatic rings. The maximum atomic E-state index is 14.9. The molecule has 1 amide bonds. The summed E-state index contributed by atoms with van der Waals surface area (Å²) in [5.41, 5.74) is 2.33. The average molecular weight is 694 g/mol. The second-order valence-electron chi connectivity index (χ2n) is 13.7. The van der Waals surface area contributed by atoms with Crippen molar-refractivity contribution in [3.63, 3.8) is 0 Å². The van der Waals surface area contributed by atoms with Gasteiger partial charge in [-0.05, 0) is 83.1 Å². The van der Waals surface area contributed by atoms with E-state index in [1.54, 1.807) is 23.9 Å². The summed E-state index contributed by atoms with van der Waals surface area (Å²) in [5, 5.41) is 8.41. The third-order valence-corrected chi connectivity index (χ3v) is 10.3. The van der Waals surface area contributed by atoms with Crippen LogP contribution in [0.2, 0.25) is 5.02 Å². The first-order valence-electron chi connectivity index (χ1n) is 17.6. The average Bonchev–Trinajstić information content (AvgIpc) is 3.74. The zero-order valence-corrected chi connectivity index (χ0v) is 29.7. The number of fused-ring (bicyclic) bond motifs is 1. The summed E-state index contributed by atoms with van der Waals surface area (Å²) in [7, 11) is 1.80. The zero-order valence-electron chi connectivity index (χ0n) is 29.0. The molecule has 3 aliphatic rings. The number of nitrogens with one attached hydrogen (secondary N) is 1. The Labute approximate surface area is 293 Å². The monoisotopic (exact) mass is 693 g/mol. The normalized spacial score (nSPS) is 24.8. The number of ketones is 1. The lowest BCUT2D eigenvalue weighted by atomic mass is 9.87. The number of hydrogen-bond acceptors (Lipinski definition) is 9. The molecule has 3 atom stereocenters.